The molecule has 0 atom stereocenters. The molecule has 0 radical (unpaired) electrons. The van der Waals surface area contributed by atoms with Crippen LogP contribution < -0.4 is 20.1 Å². The van der Waals surface area contributed by atoms with Crippen molar-refractivity contribution < 1.29 is 14.4 Å². The number of benzene rings is 1. The zero-order chi connectivity index (χ0) is 13.1. The molecule has 0 aliphatic carbocycles. The summed E-state index contributed by atoms with van der Waals surface area (Å²) in [4.78, 5) is 10.6. The first kappa shape index (κ1) is 12.4. The summed E-state index contributed by atoms with van der Waals surface area (Å²) in [5, 5.41) is 17.2. The van der Waals surface area contributed by atoms with Crippen LogP contribution in [0.4, 0.5) is 11.4 Å². The lowest BCUT2D eigenvalue weighted by Crippen LogP contribution is -2.51. The largest absolute Gasteiger partial charge is 0.493 e. The van der Waals surface area contributed by atoms with E-state index in [0.29, 0.717) is 17.2 Å². The second kappa shape index (κ2) is 5.09. The molecule has 1 saturated heterocycles. The van der Waals surface area contributed by atoms with E-state index in [2.05, 4.69) is 10.6 Å². The van der Waals surface area contributed by atoms with Gasteiger partial charge in [-0.1, -0.05) is 0 Å². The minimum Gasteiger partial charge on any atom is -0.493 e. The van der Waals surface area contributed by atoms with Gasteiger partial charge in [-0.25, -0.2) is 0 Å². The van der Waals surface area contributed by atoms with Gasteiger partial charge in [-0.3, -0.25) is 10.1 Å². The van der Waals surface area contributed by atoms with Crippen LogP contribution in [-0.4, -0.2) is 38.3 Å². The van der Waals surface area contributed by atoms with Crippen LogP contribution in [0.2, 0.25) is 0 Å². The maximum absolute atomic E-state index is 11.0. The topological polar surface area (TPSA) is 85.7 Å². The Morgan fingerprint density at radius 3 is 2.39 bits per heavy atom. The zero-order valence-electron chi connectivity index (χ0n) is 10.2. The summed E-state index contributed by atoms with van der Waals surface area (Å²) in [6.45, 7) is 1.59. The quantitative estimate of drug-likeness (QED) is 0.601. The molecule has 98 valence electrons. The van der Waals surface area contributed by atoms with Crippen LogP contribution in [-0.2, 0) is 0 Å². The van der Waals surface area contributed by atoms with Crippen LogP contribution in [0.5, 0.6) is 11.5 Å². The molecule has 1 aliphatic rings. The van der Waals surface area contributed by atoms with Gasteiger partial charge in [0.25, 0.3) is 5.69 Å². The molecule has 0 spiro atoms. The molecule has 0 aromatic heterocycles. The van der Waals surface area contributed by atoms with Crippen LogP contribution in [0.25, 0.3) is 0 Å². The Labute approximate surface area is 104 Å². The Morgan fingerprint density at radius 2 is 1.94 bits per heavy atom. The SMILES string of the molecule is COc1cc(NC2CNC2)c([N+](=O)[O-])cc1OC. The predicted octanol–water partition coefficient (Wildman–Crippen LogP) is 0.996. The summed E-state index contributed by atoms with van der Waals surface area (Å²) < 4.78 is 10.2. The van der Waals surface area contributed by atoms with Crippen LogP contribution in [0, 0.1) is 10.1 Å². The van der Waals surface area contributed by atoms with Crippen molar-refractivity contribution in [3.63, 3.8) is 0 Å². The molecule has 1 aromatic carbocycles. The Morgan fingerprint density at radius 1 is 1.33 bits per heavy atom. The van der Waals surface area contributed by atoms with Crippen molar-refractivity contribution in [1.82, 2.24) is 5.32 Å². The van der Waals surface area contributed by atoms with Gasteiger partial charge >= 0.3 is 0 Å². The van der Waals surface area contributed by atoms with E-state index in [9.17, 15) is 10.1 Å². The van der Waals surface area contributed by atoms with E-state index in [-0.39, 0.29) is 11.7 Å². The van der Waals surface area contributed by atoms with Crippen molar-refractivity contribution in [3.05, 3.63) is 22.2 Å². The van der Waals surface area contributed by atoms with E-state index in [1.165, 1.54) is 20.3 Å². The summed E-state index contributed by atoms with van der Waals surface area (Å²) in [5.41, 5.74) is 0.434. The number of hydrogen-bond acceptors (Lipinski definition) is 6. The van der Waals surface area contributed by atoms with Crippen LogP contribution >= 0.6 is 0 Å². The van der Waals surface area contributed by atoms with Crippen molar-refractivity contribution in [2.24, 2.45) is 0 Å². The smallest absolute Gasteiger partial charge is 0.296 e. The molecule has 1 fully saturated rings. The first-order valence-corrected chi connectivity index (χ1v) is 5.53. The molecule has 7 heteroatoms. The van der Waals surface area contributed by atoms with Crippen LogP contribution in [0.15, 0.2) is 12.1 Å². The molecular weight excluding hydrogens is 238 g/mol. The number of methoxy groups -OCH3 is 2. The maximum atomic E-state index is 11.0. The Balaban J connectivity index is 2.36. The maximum Gasteiger partial charge on any atom is 0.296 e. The number of rotatable bonds is 5. The number of nitrogens with one attached hydrogen (secondary N) is 2. The van der Waals surface area contributed by atoms with Crippen LogP contribution in [0.1, 0.15) is 0 Å². The molecule has 1 aliphatic heterocycles. The highest BCUT2D eigenvalue weighted by atomic mass is 16.6. The number of nitro groups is 1. The second-order valence-electron chi connectivity index (χ2n) is 3.98. The lowest BCUT2D eigenvalue weighted by molar-refractivity contribution is -0.384. The molecule has 2 N–H and O–H groups in total. The van der Waals surface area contributed by atoms with Gasteiger partial charge in [0.15, 0.2) is 11.5 Å². The number of hydrogen-bond donors (Lipinski definition) is 2. The Kier molecular flexibility index (Phi) is 3.52. The summed E-state index contributed by atoms with van der Waals surface area (Å²) in [7, 11) is 2.95. The highest BCUT2D eigenvalue weighted by Crippen LogP contribution is 2.37. The van der Waals surface area contributed by atoms with Crippen molar-refractivity contribution in [1.29, 1.82) is 0 Å². The summed E-state index contributed by atoms with van der Waals surface area (Å²) in [6.07, 6.45) is 0. The fourth-order valence-electron chi connectivity index (χ4n) is 1.75. The van der Waals surface area contributed by atoms with Gasteiger partial charge in [0.1, 0.15) is 5.69 Å². The monoisotopic (exact) mass is 253 g/mol. The Bertz CT molecular complexity index is 460. The van der Waals surface area contributed by atoms with Crippen molar-refractivity contribution in [2.45, 2.75) is 6.04 Å². The zero-order valence-corrected chi connectivity index (χ0v) is 10.2. The van der Waals surface area contributed by atoms with Gasteiger partial charge in [-0.15, -0.1) is 0 Å². The second-order valence-corrected chi connectivity index (χ2v) is 3.98. The fourth-order valence-corrected chi connectivity index (χ4v) is 1.75. The van der Waals surface area contributed by atoms with Gasteiger partial charge in [0.05, 0.1) is 31.3 Å². The fraction of sp³-hybridized carbons (Fsp3) is 0.455. The highest BCUT2D eigenvalue weighted by molar-refractivity contribution is 5.69. The number of ether oxygens (including phenoxy) is 2. The molecule has 0 saturated carbocycles. The first-order chi connectivity index (χ1) is 8.65. The summed E-state index contributed by atoms with van der Waals surface area (Å²) >= 11 is 0. The molecule has 7 nitrogen and oxygen atoms in total. The van der Waals surface area contributed by atoms with Gasteiger partial charge in [-0.05, 0) is 0 Å². The van der Waals surface area contributed by atoms with Crippen molar-refractivity contribution in [3.8, 4) is 11.5 Å². The predicted molar refractivity (Wildman–Crippen MR) is 66.5 cm³/mol. The van der Waals surface area contributed by atoms with E-state index in [4.69, 9.17) is 9.47 Å². The average Bonchev–Trinajstić information content (AvgIpc) is 2.32. The summed E-state index contributed by atoms with van der Waals surface area (Å²) in [5.74, 6) is 0.819. The minimum atomic E-state index is -0.434. The van der Waals surface area contributed by atoms with E-state index >= 15 is 0 Å². The van der Waals surface area contributed by atoms with Crippen molar-refractivity contribution >= 4 is 11.4 Å². The first-order valence-electron chi connectivity index (χ1n) is 5.53. The summed E-state index contributed by atoms with van der Waals surface area (Å²) in [6, 6.07) is 3.17. The van der Waals surface area contributed by atoms with E-state index in [1.54, 1.807) is 6.07 Å². The van der Waals surface area contributed by atoms with Gasteiger partial charge in [0, 0.05) is 19.2 Å². The lowest BCUT2D eigenvalue weighted by atomic mass is 10.1. The standard InChI is InChI=1S/C11H15N3O4/c1-17-10-3-8(13-7-5-12-6-7)9(14(15)16)4-11(10)18-2/h3-4,7,12-13H,5-6H2,1-2H3. The molecule has 1 heterocycles. The third-order valence-electron chi connectivity index (χ3n) is 2.84. The lowest BCUT2D eigenvalue weighted by Gasteiger charge is -2.29. The van der Waals surface area contributed by atoms with Crippen molar-refractivity contribution in [2.75, 3.05) is 32.6 Å². The van der Waals surface area contributed by atoms with Gasteiger partial charge in [-0.2, -0.15) is 0 Å². The molecule has 0 bridgehead atoms. The highest BCUT2D eigenvalue weighted by Gasteiger charge is 2.24. The molecule has 1 aromatic rings. The van der Waals surface area contributed by atoms with Gasteiger partial charge < -0.3 is 20.1 Å². The number of anilines is 1. The number of nitro benzene ring substituents is 1. The molecule has 0 amide bonds. The van der Waals surface area contributed by atoms with E-state index in [1.807, 2.05) is 0 Å². The molecule has 18 heavy (non-hydrogen) atoms. The number of nitrogens with zero attached hydrogens (tertiary/aromatic N) is 1. The van der Waals surface area contributed by atoms with E-state index < -0.39 is 4.92 Å². The third kappa shape index (κ3) is 2.30. The molecule has 2 rings (SSSR count). The third-order valence-corrected chi connectivity index (χ3v) is 2.84. The van der Waals surface area contributed by atoms with Gasteiger partial charge in [0.2, 0.25) is 0 Å². The molecule has 0 unspecified atom stereocenters. The average molecular weight is 253 g/mol. The Hall–Kier alpha value is -2.02. The van der Waals surface area contributed by atoms with E-state index in [0.717, 1.165) is 13.1 Å². The minimum absolute atomic E-state index is 0.0143. The van der Waals surface area contributed by atoms with Crippen LogP contribution in [0.3, 0.4) is 0 Å². The normalized spacial score (nSPS) is 14.8. The molecular formula is C11H15N3O4.